The first-order valence-electron chi connectivity index (χ1n) is 11.8. The Kier molecular flexibility index (Phi) is 10.2. The van der Waals surface area contributed by atoms with Crippen LogP contribution in [0, 0.1) is 11.8 Å². The highest BCUT2D eigenvalue weighted by atomic mass is 28.4. The van der Waals surface area contributed by atoms with Crippen molar-refractivity contribution in [2.75, 3.05) is 7.11 Å². The van der Waals surface area contributed by atoms with Crippen molar-refractivity contribution in [3.63, 3.8) is 0 Å². The second-order valence-electron chi connectivity index (χ2n) is 11.2. The van der Waals surface area contributed by atoms with Gasteiger partial charge in [0.2, 0.25) is 16.6 Å². The molecule has 1 fully saturated rings. The maximum atomic E-state index is 7.11. The Morgan fingerprint density at radius 3 is 1.83 bits per heavy atom. The van der Waals surface area contributed by atoms with Gasteiger partial charge in [-0.1, -0.05) is 55.0 Å². The summed E-state index contributed by atoms with van der Waals surface area (Å²) in [7, 11) is -1.60. The molecule has 0 saturated heterocycles. The lowest BCUT2D eigenvalue weighted by Gasteiger charge is -2.48. The van der Waals surface area contributed by atoms with Gasteiger partial charge in [-0.3, -0.25) is 0 Å². The highest BCUT2D eigenvalue weighted by Crippen LogP contribution is 2.45. The Labute approximate surface area is 184 Å². The van der Waals surface area contributed by atoms with E-state index in [4.69, 9.17) is 13.6 Å². The minimum Gasteiger partial charge on any atom is -0.548 e. The molecule has 1 aliphatic carbocycles. The van der Waals surface area contributed by atoms with Crippen LogP contribution >= 0.6 is 0 Å². The van der Waals surface area contributed by atoms with E-state index in [-0.39, 0.29) is 12.2 Å². The van der Waals surface area contributed by atoms with Crippen LogP contribution in [0.4, 0.5) is 0 Å². The Hall–Kier alpha value is -0.106. The summed E-state index contributed by atoms with van der Waals surface area (Å²) in [5.74, 6) is 2.03. The first kappa shape index (κ1) is 26.9. The monoisotopic (exact) mass is 442 g/mol. The Balaban J connectivity index is 2.81. The van der Waals surface area contributed by atoms with E-state index in [9.17, 15) is 0 Å². The van der Waals surface area contributed by atoms with Gasteiger partial charge in [-0.05, 0) is 67.9 Å². The van der Waals surface area contributed by atoms with Gasteiger partial charge < -0.3 is 13.6 Å². The summed E-state index contributed by atoms with van der Waals surface area (Å²) in [4.78, 5) is 0. The van der Waals surface area contributed by atoms with Crippen LogP contribution in [0.1, 0.15) is 74.1 Å². The van der Waals surface area contributed by atoms with Crippen molar-refractivity contribution >= 4 is 16.6 Å². The minimum atomic E-state index is -1.88. The number of methoxy groups -OCH3 is 1. The quantitative estimate of drug-likeness (QED) is 0.242. The molecule has 0 radical (unpaired) electrons. The maximum absolute atomic E-state index is 7.11. The van der Waals surface area contributed by atoms with Crippen LogP contribution in [0.25, 0.3) is 0 Å². The molecule has 0 aliphatic heterocycles. The Morgan fingerprint density at radius 2 is 1.41 bits per heavy atom. The fourth-order valence-electron chi connectivity index (χ4n) is 5.58. The summed E-state index contributed by atoms with van der Waals surface area (Å²) in [6.07, 6.45) is 5.00. The zero-order valence-electron chi connectivity index (χ0n) is 21.3. The fourth-order valence-corrected chi connectivity index (χ4v) is 12.2. The molecule has 5 heteroatoms. The standard InChI is InChI=1S/C24H50O3Si2/c1-17(2)29(18(3)4,19(5)6)27-23-14-13-22(16-24(23)25-9)15-20(7)21(8)26-28(10,11)12/h17-20,22-24H,8,13-16H2,1-7,9-12H3/t20-,22+,23-,24-/m1/s1. The van der Waals surface area contributed by atoms with Gasteiger partial charge in [0.15, 0.2) is 0 Å². The molecule has 0 amide bonds. The van der Waals surface area contributed by atoms with E-state index < -0.39 is 16.6 Å². The maximum Gasteiger partial charge on any atom is 0.241 e. The lowest BCUT2D eigenvalue weighted by molar-refractivity contribution is -0.0477. The summed E-state index contributed by atoms with van der Waals surface area (Å²) in [6, 6.07) is 0. The highest BCUT2D eigenvalue weighted by Gasteiger charge is 2.48. The molecule has 0 spiro atoms. The van der Waals surface area contributed by atoms with E-state index in [2.05, 4.69) is 74.7 Å². The molecule has 172 valence electrons. The van der Waals surface area contributed by atoms with Gasteiger partial charge in [0.25, 0.3) is 0 Å². The molecule has 0 N–H and O–H groups in total. The molecule has 0 unspecified atom stereocenters. The number of allylic oxidation sites excluding steroid dienone is 1. The predicted molar refractivity (Wildman–Crippen MR) is 131 cm³/mol. The summed E-state index contributed by atoms with van der Waals surface area (Å²) in [5.41, 5.74) is 1.83. The topological polar surface area (TPSA) is 27.7 Å². The zero-order chi connectivity index (χ0) is 22.6. The molecular formula is C24H50O3Si2. The molecular weight excluding hydrogens is 392 g/mol. The lowest BCUT2D eigenvalue weighted by atomic mass is 9.80. The molecule has 0 aromatic rings. The van der Waals surface area contributed by atoms with Gasteiger partial charge in [0.05, 0.1) is 18.0 Å². The van der Waals surface area contributed by atoms with Crippen LogP contribution in [0.3, 0.4) is 0 Å². The molecule has 0 heterocycles. The van der Waals surface area contributed by atoms with Gasteiger partial charge in [0, 0.05) is 13.0 Å². The molecule has 1 rings (SSSR count). The lowest BCUT2D eigenvalue weighted by Crippen LogP contribution is -2.53. The normalized spacial score (nSPS) is 25.0. The van der Waals surface area contributed by atoms with Crippen LogP contribution in [0.5, 0.6) is 0 Å². The molecule has 0 aromatic carbocycles. The third-order valence-corrected chi connectivity index (χ3v) is 13.9. The SMILES string of the molecule is C=C(O[Si](C)(C)C)[C@H](C)C[C@@H]1CC[C@@H](O[Si](C(C)C)(C(C)C)C(C)C)[C@H](OC)C1. The summed E-state index contributed by atoms with van der Waals surface area (Å²) in [5, 5.41) is 0. The number of hydrogen-bond donors (Lipinski definition) is 0. The molecule has 0 bridgehead atoms. The Morgan fingerprint density at radius 1 is 0.897 bits per heavy atom. The smallest absolute Gasteiger partial charge is 0.241 e. The van der Waals surface area contributed by atoms with Crippen molar-refractivity contribution in [3.8, 4) is 0 Å². The third-order valence-electron chi connectivity index (χ3n) is 6.88. The second kappa shape index (κ2) is 11.0. The highest BCUT2D eigenvalue weighted by molar-refractivity contribution is 6.77. The average Bonchev–Trinajstić information content (AvgIpc) is 2.57. The van der Waals surface area contributed by atoms with Crippen molar-refractivity contribution in [2.45, 2.75) is 123 Å². The minimum absolute atomic E-state index is 0.204. The van der Waals surface area contributed by atoms with Gasteiger partial charge in [-0.2, -0.15) is 0 Å². The number of ether oxygens (including phenoxy) is 1. The number of rotatable bonds is 11. The van der Waals surface area contributed by atoms with Gasteiger partial charge >= 0.3 is 0 Å². The van der Waals surface area contributed by atoms with E-state index in [0.717, 1.165) is 25.0 Å². The van der Waals surface area contributed by atoms with E-state index in [0.29, 0.717) is 28.5 Å². The number of hydrogen-bond acceptors (Lipinski definition) is 3. The average molecular weight is 443 g/mol. The van der Waals surface area contributed by atoms with Gasteiger partial charge in [0.1, 0.15) is 0 Å². The van der Waals surface area contributed by atoms with Crippen molar-refractivity contribution in [1.82, 2.24) is 0 Å². The summed E-state index contributed by atoms with van der Waals surface area (Å²) >= 11 is 0. The van der Waals surface area contributed by atoms with Crippen LogP contribution in [0.2, 0.25) is 36.3 Å². The van der Waals surface area contributed by atoms with E-state index in [1.54, 1.807) is 0 Å². The summed E-state index contributed by atoms with van der Waals surface area (Å²) in [6.45, 7) is 27.4. The summed E-state index contributed by atoms with van der Waals surface area (Å²) < 4.78 is 19.3. The first-order valence-corrected chi connectivity index (χ1v) is 17.4. The third kappa shape index (κ3) is 7.22. The predicted octanol–water partition coefficient (Wildman–Crippen LogP) is 7.75. The fraction of sp³-hybridized carbons (Fsp3) is 0.917. The molecule has 1 saturated carbocycles. The largest absolute Gasteiger partial charge is 0.548 e. The van der Waals surface area contributed by atoms with Crippen LogP contribution in [-0.4, -0.2) is 36.0 Å². The molecule has 3 nitrogen and oxygen atoms in total. The molecule has 1 aliphatic rings. The Bertz CT molecular complexity index is 489. The van der Waals surface area contributed by atoms with E-state index in [1.165, 1.54) is 6.42 Å². The molecule has 29 heavy (non-hydrogen) atoms. The van der Waals surface area contributed by atoms with Crippen molar-refractivity contribution in [3.05, 3.63) is 12.3 Å². The van der Waals surface area contributed by atoms with Crippen LogP contribution < -0.4 is 0 Å². The van der Waals surface area contributed by atoms with Gasteiger partial charge in [-0.15, -0.1) is 0 Å². The van der Waals surface area contributed by atoms with E-state index >= 15 is 0 Å². The van der Waals surface area contributed by atoms with Crippen molar-refractivity contribution < 1.29 is 13.6 Å². The molecule has 0 aromatic heterocycles. The zero-order valence-corrected chi connectivity index (χ0v) is 23.3. The van der Waals surface area contributed by atoms with Crippen molar-refractivity contribution in [2.24, 2.45) is 11.8 Å². The molecule has 4 atom stereocenters. The van der Waals surface area contributed by atoms with Crippen LogP contribution in [0.15, 0.2) is 12.3 Å². The van der Waals surface area contributed by atoms with Gasteiger partial charge in [-0.25, -0.2) is 0 Å². The first-order chi connectivity index (χ1) is 13.2. The van der Waals surface area contributed by atoms with E-state index in [1.807, 2.05) is 7.11 Å². The van der Waals surface area contributed by atoms with Crippen molar-refractivity contribution in [1.29, 1.82) is 0 Å². The second-order valence-corrected chi connectivity index (χ2v) is 21.1. The van der Waals surface area contributed by atoms with Crippen LogP contribution in [-0.2, 0) is 13.6 Å².